The molecule has 136 valence electrons. The number of nitrogens with one attached hydrogen (secondary N) is 2. The fourth-order valence-electron chi connectivity index (χ4n) is 2.79. The van der Waals surface area contributed by atoms with Gasteiger partial charge in [-0.05, 0) is 72.8 Å². The number of thiophene rings is 1. The van der Waals surface area contributed by atoms with E-state index in [0.29, 0.717) is 11.8 Å². The third-order valence-corrected chi connectivity index (χ3v) is 5.09. The molecule has 2 aromatic carbocycles. The Morgan fingerprint density at radius 3 is 2.07 bits per heavy atom. The Bertz CT molecular complexity index is 1140. The van der Waals surface area contributed by atoms with Crippen molar-refractivity contribution < 1.29 is 8.78 Å². The highest BCUT2D eigenvalue weighted by atomic mass is 32.1. The molecule has 0 bridgehead atoms. The van der Waals surface area contributed by atoms with Crippen molar-refractivity contribution in [2.24, 2.45) is 0 Å². The van der Waals surface area contributed by atoms with E-state index in [0.717, 1.165) is 32.7 Å². The number of benzene rings is 2. The van der Waals surface area contributed by atoms with Crippen molar-refractivity contribution in [3.8, 4) is 0 Å². The van der Waals surface area contributed by atoms with Crippen LogP contribution in [0, 0.1) is 25.5 Å². The predicted octanol–water partition coefficient (Wildman–Crippen LogP) is 6.07. The Morgan fingerprint density at radius 2 is 1.44 bits per heavy atom. The Morgan fingerprint density at radius 1 is 0.815 bits per heavy atom. The molecule has 0 aliphatic heterocycles. The number of aromatic nitrogens is 2. The predicted molar refractivity (Wildman–Crippen MR) is 106 cm³/mol. The van der Waals surface area contributed by atoms with Crippen molar-refractivity contribution in [3.63, 3.8) is 0 Å². The zero-order chi connectivity index (χ0) is 19.0. The van der Waals surface area contributed by atoms with E-state index in [9.17, 15) is 8.78 Å². The van der Waals surface area contributed by atoms with Crippen LogP contribution in [0.25, 0.3) is 10.2 Å². The molecule has 4 aromatic rings. The van der Waals surface area contributed by atoms with Gasteiger partial charge in [-0.15, -0.1) is 11.3 Å². The van der Waals surface area contributed by atoms with Crippen LogP contribution in [0.15, 0.2) is 47.8 Å². The Balaban J connectivity index is 1.73. The second kappa shape index (κ2) is 6.92. The van der Waals surface area contributed by atoms with Gasteiger partial charge in [0, 0.05) is 11.4 Å². The number of fused-ring (bicyclic) bond motifs is 1. The van der Waals surface area contributed by atoms with Gasteiger partial charge in [0.1, 0.15) is 11.6 Å². The van der Waals surface area contributed by atoms with Gasteiger partial charge in [-0.2, -0.15) is 4.98 Å². The van der Waals surface area contributed by atoms with Gasteiger partial charge in [-0.25, -0.2) is 13.8 Å². The van der Waals surface area contributed by atoms with Gasteiger partial charge >= 0.3 is 0 Å². The van der Waals surface area contributed by atoms with Crippen molar-refractivity contribution in [3.05, 3.63) is 70.6 Å². The molecule has 0 saturated heterocycles. The van der Waals surface area contributed by atoms with E-state index in [2.05, 4.69) is 20.6 Å². The molecule has 0 atom stereocenters. The maximum absolute atomic E-state index is 13.4. The van der Waals surface area contributed by atoms with Crippen molar-refractivity contribution in [1.29, 1.82) is 0 Å². The molecule has 0 aliphatic rings. The molecule has 0 radical (unpaired) electrons. The molecule has 2 aromatic heterocycles. The summed E-state index contributed by atoms with van der Waals surface area (Å²) in [6, 6.07) is 11.0. The van der Waals surface area contributed by atoms with Crippen LogP contribution in [0.2, 0.25) is 0 Å². The first-order chi connectivity index (χ1) is 13.0. The monoisotopic (exact) mass is 382 g/mol. The third-order valence-electron chi connectivity index (χ3n) is 4.18. The number of nitrogens with zero attached hydrogens (tertiary/aromatic N) is 2. The molecular weight excluding hydrogens is 366 g/mol. The molecule has 0 spiro atoms. The molecule has 2 N–H and O–H groups in total. The van der Waals surface area contributed by atoms with Gasteiger partial charge in [0.15, 0.2) is 5.82 Å². The molecule has 0 aliphatic carbocycles. The Kier molecular flexibility index (Phi) is 4.45. The quantitative estimate of drug-likeness (QED) is 0.449. The lowest BCUT2D eigenvalue weighted by molar-refractivity contribution is 0.626. The van der Waals surface area contributed by atoms with Crippen LogP contribution in [-0.2, 0) is 0 Å². The van der Waals surface area contributed by atoms with Crippen LogP contribution in [0.1, 0.15) is 11.1 Å². The molecule has 4 nitrogen and oxygen atoms in total. The first kappa shape index (κ1) is 17.4. The molecule has 4 rings (SSSR count). The summed E-state index contributed by atoms with van der Waals surface area (Å²) >= 11 is 1.52. The molecule has 0 saturated carbocycles. The zero-order valence-corrected chi connectivity index (χ0v) is 15.5. The number of hydrogen-bond acceptors (Lipinski definition) is 5. The van der Waals surface area contributed by atoms with Gasteiger partial charge < -0.3 is 10.6 Å². The minimum absolute atomic E-state index is 0.281. The lowest BCUT2D eigenvalue weighted by atomic mass is 10.2. The normalized spacial score (nSPS) is 11.0. The van der Waals surface area contributed by atoms with Crippen molar-refractivity contribution in [1.82, 2.24) is 9.97 Å². The number of aryl methyl sites for hydroxylation is 2. The summed E-state index contributed by atoms with van der Waals surface area (Å²) in [6.07, 6.45) is 0. The highest BCUT2D eigenvalue weighted by Gasteiger charge is 2.12. The van der Waals surface area contributed by atoms with Crippen molar-refractivity contribution in [2.75, 3.05) is 10.6 Å². The summed E-state index contributed by atoms with van der Waals surface area (Å²) in [5.74, 6) is 0.461. The summed E-state index contributed by atoms with van der Waals surface area (Å²) in [5, 5.41) is 8.36. The first-order valence-electron chi connectivity index (χ1n) is 8.31. The Labute approximate surface area is 158 Å². The van der Waals surface area contributed by atoms with Gasteiger partial charge in [0.05, 0.1) is 10.2 Å². The lowest BCUT2D eigenvalue weighted by Gasteiger charge is -2.13. The van der Waals surface area contributed by atoms with E-state index in [1.165, 1.54) is 35.6 Å². The Hall–Kier alpha value is -3.06. The SMILES string of the molecule is Cc1cc(F)ccc1Nc1nc(Nc2ccc(F)cc2C)c2sccc2n1. The second-order valence-electron chi connectivity index (χ2n) is 6.20. The molecule has 0 unspecified atom stereocenters. The fraction of sp³-hybridized carbons (Fsp3) is 0.100. The van der Waals surface area contributed by atoms with E-state index < -0.39 is 0 Å². The minimum atomic E-state index is -0.290. The zero-order valence-electron chi connectivity index (χ0n) is 14.7. The number of halogens is 2. The average molecular weight is 382 g/mol. The summed E-state index contributed by atoms with van der Waals surface area (Å²) in [4.78, 5) is 9.11. The standard InChI is InChI=1S/C20H16F2N4S/c1-11-9-13(21)3-5-15(11)23-19-18-17(7-8-27-18)25-20(26-19)24-16-6-4-14(22)10-12(16)2/h3-10H,1-2H3,(H2,23,24,25,26). The van der Waals surface area contributed by atoms with Gasteiger partial charge in [-0.3, -0.25) is 0 Å². The topological polar surface area (TPSA) is 49.8 Å². The summed E-state index contributed by atoms with van der Waals surface area (Å²) in [5.41, 5.74) is 3.83. The van der Waals surface area contributed by atoms with Crippen LogP contribution in [0.3, 0.4) is 0 Å². The molecule has 7 heteroatoms. The van der Waals surface area contributed by atoms with E-state index in [1.54, 1.807) is 12.1 Å². The van der Waals surface area contributed by atoms with E-state index in [1.807, 2.05) is 25.3 Å². The first-order valence-corrected chi connectivity index (χ1v) is 9.19. The maximum atomic E-state index is 13.4. The number of rotatable bonds is 4. The summed E-state index contributed by atoms with van der Waals surface area (Å²) < 4.78 is 27.6. The number of hydrogen-bond donors (Lipinski definition) is 2. The number of anilines is 4. The highest BCUT2D eigenvalue weighted by Crippen LogP contribution is 2.31. The highest BCUT2D eigenvalue weighted by molar-refractivity contribution is 7.17. The summed E-state index contributed by atoms with van der Waals surface area (Å²) in [6.45, 7) is 3.65. The fourth-order valence-corrected chi connectivity index (χ4v) is 3.56. The van der Waals surface area contributed by atoms with E-state index in [-0.39, 0.29) is 11.6 Å². The van der Waals surface area contributed by atoms with Crippen molar-refractivity contribution >= 4 is 44.7 Å². The largest absolute Gasteiger partial charge is 0.339 e. The van der Waals surface area contributed by atoms with Gasteiger partial charge in [-0.1, -0.05) is 0 Å². The lowest BCUT2D eigenvalue weighted by Crippen LogP contribution is -2.03. The third kappa shape index (κ3) is 3.59. The minimum Gasteiger partial charge on any atom is -0.339 e. The molecular formula is C20H16F2N4S. The van der Waals surface area contributed by atoms with Crippen LogP contribution < -0.4 is 10.6 Å². The van der Waals surface area contributed by atoms with E-state index in [4.69, 9.17) is 0 Å². The second-order valence-corrected chi connectivity index (χ2v) is 7.12. The smallest absolute Gasteiger partial charge is 0.229 e. The van der Waals surface area contributed by atoms with Crippen LogP contribution >= 0.6 is 11.3 Å². The van der Waals surface area contributed by atoms with E-state index >= 15 is 0 Å². The van der Waals surface area contributed by atoms with Gasteiger partial charge in [0.25, 0.3) is 0 Å². The van der Waals surface area contributed by atoms with Crippen LogP contribution in [-0.4, -0.2) is 9.97 Å². The van der Waals surface area contributed by atoms with Crippen LogP contribution in [0.4, 0.5) is 31.9 Å². The summed E-state index contributed by atoms with van der Waals surface area (Å²) in [7, 11) is 0. The average Bonchev–Trinajstić information content (AvgIpc) is 3.08. The van der Waals surface area contributed by atoms with Crippen LogP contribution in [0.5, 0.6) is 0 Å². The van der Waals surface area contributed by atoms with Gasteiger partial charge in [0.2, 0.25) is 5.95 Å². The molecule has 0 amide bonds. The molecule has 27 heavy (non-hydrogen) atoms. The van der Waals surface area contributed by atoms with Crippen molar-refractivity contribution in [2.45, 2.75) is 13.8 Å². The maximum Gasteiger partial charge on any atom is 0.229 e. The molecule has 0 fully saturated rings. The molecule has 2 heterocycles.